The van der Waals surface area contributed by atoms with Gasteiger partial charge in [0, 0.05) is 51.1 Å². The maximum absolute atomic E-state index is 13.3. The molecule has 216 valence electrons. The highest BCUT2D eigenvalue weighted by Crippen LogP contribution is 2.37. The molecule has 1 heterocycles. The van der Waals surface area contributed by atoms with Crippen molar-refractivity contribution < 1.29 is 24.2 Å². The van der Waals surface area contributed by atoms with Gasteiger partial charge in [-0.2, -0.15) is 0 Å². The minimum atomic E-state index is -1.01. The van der Waals surface area contributed by atoms with Crippen LogP contribution in [-0.4, -0.2) is 60.6 Å². The molecule has 42 heavy (non-hydrogen) atoms. The summed E-state index contributed by atoms with van der Waals surface area (Å²) in [7, 11) is 0. The number of hydrogen-bond donors (Lipinski definition) is 2. The zero-order chi connectivity index (χ0) is 29.6. The molecule has 0 radical (unpaired) electrons. The number of carboxylic acids is 1. The van der Waals surface area contributed by atoms with Crippen LogP contribution in [-0.2, 0) is 16.1 Å². The molecule has 8 nitrogen and oxygen atoms in total. The SMILES string of the molecule is O=C(O)CN(Sc1cc(Cl)cc(Cl)c1)c1cccc2c(C(=O)NCc3ccc(C(=O)N4CCOCC4)cc3)cccc12. The lowest BCUT2D eigenvalue weighted by Crippen LogP contribution is -2.40. The molecule has 0 bridgehead atoms. The highest BCUT2D eigenvalue weighted by Gasteiger charge is 2.20. The van der Waals surface area contributed by atoms with Crippen LogP contribution in [0.15, 0.2) is 83.8 Å². The zero-order valence-electron chi connectivity index (χ0n) is 22.4. The van der Waals surface area contributed by atoms with Crippen molar-refractivity contribution in [1.29, 1.82) is 0 Å². The van der Waals surface area contributed by atoms with E-state index >= 15 is 0 Å². The molecule has 0 aromatic heterocycles. The molecule has 0 atom stereocenters. The van der Waals surface area contributed by atoms with Crippen molar-refractivity contribution in [2.24, 2.45) is 0 Å². The van der Waals surface area contributed by atoms with Crippen LogP contribution in [0.3, 0.4) is 0 Å². The Bertz CT molecular complexity index is 1610. The summed E-state index contributed by atoms with van der Waals surface area (Å²) in [5.74, 6) is -1.32. The Morgan fingerprint density at radius 2 is 1.57 bits per heavy atom. The molecule has 2 amide bonds. The Kier molecular flexibility index (Phi) is 9.54. The number of fused-ring (bicyclic) bond motifs is 1. The fourth-order valence-corrected chi connectivity index (χ4v) is 6.40. The van der Waals surface area contributed by atoms with Gasteiger partial charge < -0.3 is 24.4 Å². The summed E-state index contributed by atoms with van der Waals surface area (Å²) in [4.78, 5) is 40.2. The first-order valence-electron chi connectivity index (χ1n) is 13.2. The van der Waals surface area contributed by atoms with Gasteiger partial charge in [0.25, 0.3) is 11.8 Å². The topological polar surface area (TPSA) is 99.2 Å². The number of nitrogens with zero attached hydrogens (tertiary/aromatic N) is 2. The van der Waals surface area contributed by atoms with Crippen LogP contribution < -0.4 is 9.62 Å². The van der Waals surface area contributed by atoms with Gasteiger partial charge >= 0.3 is 5.97 Å². The third kappa shape index (κ3) is 7.17. The Morgan fingerprint density at radius 1 is 0.905 bits per heavy atom. The van der Waals surface area contributed by atoms with E-state index in [1.165, 1.54) is 11.9 Å². The van der Waals surface area contributed by atoms with Crippen molar-refractivity contribution >= 4 is 69.4 Å². The van der Waals surface area contributed by atoms with E-state index in [4.69, 9.17) is 27.9 Å². The number of halogens is 2. The lowest BCUT2D eigenvalue weighted by Gasteiger charge is -2.26. The van der Waals surface area contributed by atoms with Crippen molar-refractivity contribution in [1.82, 2.24) is 10.2 Å². The fraction of sp³-hybridized carbons (Fsp3) is 0.194. The standard InChI is InChI=1S/C31H27Cl2N3O5S/c32-22-15-23(33)17-24(16-22)42-36(19-29(37)38)28-6-2-3-25-26(28)4-1-5-27(25)30(39)34-18-20-7-9-21(10-8-20)31(40)35-11-13-41-14-12-35/h1-10,15-17H,11-14,18-19H2,(H,34,39)(H,37,38). The summed E-state index contributed by atoms with van der Waals surface area (Å²) < 4.78 is 6.95. The van der Waals surface area contributed by atoms with E-state index < -0.39 is 5.97 Å². The number of nitrogens with one attached hydrogen (secondary N) is 1. The van der Waals surface area contributed by atoms with Crippen LogP contribution in [0, 0.1) is 0 Å². The van der Waals surface area contributed by atoms with Gasteiger partial charge in [-0.1, -0.05) is 59.6 Å². The Labute approximate surface area is 257 Å². The third-order valence-electron chi connectivity index (χ3n) is 6.70. The second kappa shape index (κ2) is 13.5. The van der Waals surface area contributed by atoms with Crippen LogP contribution in [0.2, 0.25) is 10.0 Å². The van der Waals surface area contributed by atoms with Gasteiger partial charge in [0.2, 0.25) is 0 Å². The monoisotopic (exact) mass is 623 g/mol. The lowest BCUT2D eigenvalue weighted by atomic mass is 10.0. The molecule has 2 N–H and O–H groups in total. The quantitative estimate of drug-likeness (QED) is 0.216. The number of morpholine rings is 1. The molecular weight excluding hydrogens is 597 g/mol. The molecule has 11 heteroatoms. The van der Waals surface area contributed by atoms with E-state index in [1.807, 2.05) is 30.3 Å². The van der Waals surface area contributed by atoms with Gasteiger partial charge in [-0.25, -0.2) is 0 Å². The van der Waals surface area contributed by atoms with E-state index in [-0.39, 0.29) is 24.9 Å². The molecular formula is C31H27Cl2N3O5S. The first-order valence-corrected chi connectivity index (χ1v) is 14.7. The first-order chi connectivity index (χ1) is 20.3. The number of carbonyl (C=O) groups excluding carboxylic acids is 2. The maximum atomic E-state index is 13.3. The van der Waals surface area contributed by atoms with Crippen molar-refractivity contribution in [2.45, 2.75) is 11.4 Å². The summed E-state index contributed by atoms with van der Waals surface area (Å²) in [6.45, 7) is 2.21. The van der Waals surface area contributed by atoms with Crippen molar-refractivity contribution in [3.05, 3.63) is 106 Å². The lowest BCUT2D eigenvalue weighted by molar-refractivity contribution is -0.135. The molecule has 1 saturated heterocycles. The van der Waals surface area contributed by atoms with E-state index in [2.05, 4.69) is 5.32 Å². The highest BCUT2D eigenvalue weighted by atomic mass is 35.5. The first kappa shape index (κ1) is 29.7. The van der Waals surface area contributed by atoms with Crippen LogP contribution in [0.5, 0.6) is 0 Å². The third-order valence-corrected chi connectivity index (χ3v) is 8.12. The van der Waals surface area contributed by atoms with Crippen molar-refractivity contribution in [2.75, 3.05) is 37.2 Å². The summed E-state index contributed by atoms with van der Waals surface area (Å²) >= 11 is 13.5. The minimum absolute atomic E-state index is 0.0333. The fourth-order valence-electron chi connectivity index (χ4n) is 4.70. The number of ether oxygens (including phenoxy) is 1. The zero-order valence-corrected chi connectivity index (χ0v) is 24.7. The van der Waals surface area contributed by atoms with Gasteiger partial charge in [0.05, 0.1) is 18.9 Å². The summed E-state index contributed by atoms with van der Waals surface area (Å²) in [6, 6.07) is 23.0. The predicted molar refractivity (Wildman–Crippen MR) is 166 cm³/mol. The van der Waals surface area contributed by atoms with E-state index in [0.717, 1.165) is 10.9 Å². The van der Waals surface area contributed by atoms with Crippen LogP contribution >= 0.6 is 35.1 Å². The second-order valence-corrected chi connectivity index (χ2v) is 11.6. The molecule has 0 spiro atoms. The molecule has 4 aromatic rings. The number of anilines is 1. The summed E-state index contributed by atoms with van der Waals surface area (Å²) in [5.41, 5.74) is 2.54. The number of aliphatic carboxylic acids is 1. The van der Waals surface area contributed by atoms with E-state index in [1.54, 1.807) is 57.7 Å². The number of benzene rings is 4. The minimum Gasteiger partial charge on any atom is -0.480 e. The molecule has 1 aliphatic heterocycles. The van der Waals surface area contributed by atoms with Gasteiger partial charge in [0.1, 0.15) is 6.54 Å². The van der Waals surface area contributed by atoms with Crippen molar-refractivity contribution in [3.8, 4) is 0 Å². The van der Waals surface area contributed by atoms with Gasteiger partial charge in [-0.05, 0) is 65.4 Å². The van der Waals surface area contributed by atoms with Crippen LogP contribution in [0.1, 0.15) is 26.3 Å². The van der Waals surface area contributed by atoms with Gasteiger partial charge in [-0.3, -0.25) is 14.4 Å². The number of hydrogen-bond acceptors (Lipinski definition) is 6. The van der Waals surface area contributed by atoms with Gasteiger partial charge in [0.15, 0.2) is 0 Å². The van der Waals surface area contributed by atoms with Crippen molar-refractivity contribution in [3.63, 3.8) is 0 Å². The summed E-state index contributed by atoms with van der Waals surface area (Å²) in [5, 5.41) is 14.9. The maximum Gasteiger partial charge on any atom is 0.324 e. The summed E-state index contributed by atoms with van der Waals surface area (Å²) in [6.07, 6.45) is 0. The predicted octanol–water partition coefficient (Wildman–Crippen LogP) is 6.15. The number of rotatable bonds is 9. The molecule has 1 fully saturated rings. The molecule has 0 unspecified atom stereocenters. The van der Waals surface area contributed by atoms with Gasteiger partial charge in [-0.15, -0.1) is 0 Å². The Balaban J connectivity index is 1.34. The molecule has 0 aliphatic carbocycles. The van der Waals surface area contributed by atoms with E-state index in [0.29, 0.717) is 63.4 Å². The average molecular weight is 625 g/mol. The molecule has 4 aromatic carbocycles. The Hall–Kier alpha value is -3.76. The van der Waals surface area contributed by atoms with Crippen LogP contribution in [0.4, 0.5) is 5.69 Å². The number of carbonyl (C=O) groups is 3. The number of amides is 2. The Morgan fingerprint density at radius 3 is 2.26 bits per heavy atom. The molecule has 1 aliphatic rings. The van der Waals surface area contributed by atoms with Crippen LogP contribution in [0.25, 0.3) is 10.8 Å². The second-order valence-electron chi connectivity index (χ2n) is 9.59. The number of carboxylic acid groups (broad SMARTS) is 1. The molecule has 5 rings (SSSR count). The smallest absolute Gasteiger partial charge is 0.324 e. The normalized spacial score (nSPS) is 13.1. The average Bonchev–Trinajstić information content (AvgIpc) is 2.98. The highest BCUT2D eigenvalue weighted by molar-refractivity contribution is 8.00. The largest absolute Gasteiger partial charge is 0.480 e. The molecule has 0 saturated carbocycles. The van der Waals surface area contributed by atoms with E-state index in [9.17, 15) is 19.5 Å².